The minimum Gasteiger partial charge on any atom is -0.378 e. The third kappa shape index (κ3) is 5.65. The number of hydrogen-bond acceptors (Lipinski definition) is 6. The lowest BCUT2D eigenvalue weighted by molar-refractivity contribution is -0.143. The van der Waals surface area contributed by atoms with Gasteiger partial charge in [-0.3, -0.25) is 9.59 Å². The number of alkyl halides is 6. The van der Waals surface area contributed by atoms with Crippen molar-refractivity contribution < 1.29 is 40.7 Å². The lowest BCUT2D eigenvalue weighted by Crippen LogP contribution is -2.51. The van der Waals surface area contributed by atoms with Gasteiger partial charge in [0.1, 0.15) is 0 Å². The standard InChI is InChI=1S/C27H26F6N6O3/c1-25(2)15-21(40)38(20-6-4-3-5-7-20)39(25)24(41)22-23(36-8-10-42-11-9-36)37(35-34-22)16-17-12-18(26(28,29)30)14-19(13-17)27(31,32)33/h3-7,12-14H,8-11,15-16H2,1-2H3. The highest BCUT2D eigenvalue weighted by molar-refractivity contribution is 6.06. The molecular weight excluding hydrogens is 570 g/mol. The Labute approximate surface area is 236 Å². The first-order chi connectivity index (χ1) is 19.7. The summed E-state index contributed by atoms with van der Waals surface area (Å²) in [5.41, 5.74) is -4.02. The minimum absolute atomic E-state index is 0.000880. The van der Waals surface area contributed by atoms with Crippen LogP contribution in [0.5, 0.6) is 0 Å². The second-order valence-electron chi connectivity index (χ2n) is 10.6. The molecule has 2 fully saturated rings. The SMILES string of the molecule is CC1(C)CC(=O)N(c2ccccc2)N1C(=O)c1nnn(Cc2cc(C(F)(F)F)cc(C(F)(F)F)c2)c1N1CCOCC1. The van der Waals surface area contributed by atoms with Gasteiger partial charge in [-0.25, -0.2) is 14.7 Å². The van der Waals surface area contributed by atoms with E-state index >= 15 is 0 Å². The van der Waals surface area contributed by atoms with E-state index in [1.54, 1.807) is 49.1 Å². The van der Waals surface area contributed by atoms with E-state index in [9.17, 15) is 35.9 Å². The average Bonchev–Trinajstić information content (AvgIpc) is 3.44. The molecule has 224 valence electrons. The molecule has 2 aliphatic heterocycles. The quantitative estimate of drug-likeness (QED) is 0.395. The van der Waals surface area contributed by atoms with Gasteiger partial charge in [0, 0.05) is 13.1 Å². The van der Waals surface area contributed by atoms with Crippen molar-refractivity contribution in [2.45, 2.75) is 44.7 Å². The molecule has 0 atom stereocenters. The average molecular weight is 597 g/mol. The number of hydrogen-bond donors (Lipinski definition) is 0. The van der Waals surface area contributed by atoms with E-state index in [4.69, 9.17) is 4.74 Å². The Kier molecular flexibility index (Phi) is 7.41. The van der Waals surface area contributed by atoms with E-state index in [0.717, 1.165) is 4.68 Å². The molecule has 0 saturated carbocycles. The van der Waals surface area contributed by atoms with E-state index in [2.05, 4.69) is 10.3 Å². The van der Waals surface area contributed by atoms with Gasteiger partial charge < -0.3 is 9.64 Å². The number of ether oxygens (including phenoxy) is 1. The van der Waals surface area contributed by atoms with E-state index in [-0.39, 0.29) is 61.8 Å². The van der Waals surface area contributed by atoms with Crippen LogP contribution in [0.1, 0.15) is 47.4 Å². The van der Waals surface area contributed by atoms with Crippen LogP contribution in [0.15, 0.2) is 48.5 Å². The Hall–Kier alpha value is -4.14. The summed E-state index contributed by atoms with van der Waals surface area (Å²) in [6, 6.07) is 9.75. The maximum Gasteiger partial charge on any atom is 0.416 e. The highest BCUT2D eigenvalue weighted by Gasteiger charge is 2.49. The minimum atomic E-state index is -5.03. The summed E-state index contributed by atoms with van der Waals surface area (Å²) in [6.07, 6.45) is -10.1. The zero-order valence-corrected chi connectivity index (χ0v) is 22.5. The second-order valence-corrected chi connectivity index (χ2v) is 10.6. The Morgan fingerprint density at radius 1 is 0.952 bits per heavy atom. The summed E-state index contributed by atoms with van der Waals surface area (Å²) >= 11 is 0. The first kappa shape index (κ1) is 29.4. The number of para-hydroxylation sites is 1. The topological polar surface area (TPSA) is 83.8 Å². The molecule has 0 bridgehead atoms. The number of rotatable bonds is 5. The maximum atomic E-state index is 14.2. The number of halogens is 6. The number of hydrazine groups is 1. The van der Waals surface area contributed by atoms with Crippen molar-refractivity contribution in [2.75, 3.05) is 36.2 Å². The van der Waals surface area contributed by atoms with E-state index in [1.807, 2.05) is 0 Å². The second kappa shape index (κ2) is 10.6. The monoisotopic (exact) mass is 596 g/mol. The third-order valence-electron chi connectivity index (χ3n) is 6.99. The molecule has 2 aromatic carbocycles. The Morgan fingerprint density at radius 2 is 1.55 bits per heavy atom. The molecule has 15 heteroatoms. The van der Waals surface area contributed by atoms with Crippen molar-refractivity contribution in [3.63, 3.8) is 0 Å². The van der Waals surface area contributed by atoms with Gasteiger partial charge in [0.05, 0.1) is 48.5 Å². The molecule has 2 amide bonds. The number of amides is 2. The van der Waals surface area contributed by atoms with Crippen LogP contribution in [0.3, 0.4) is 0 Å². The Morgan fingerprint density at radius 3 is 2.12 bits per heavy atom. The number of aromatic nitrogens is 3. The van der Waals surface area contributed by atoms with E-state index < -0.39 is 41.5 Å². The van der Waals surface area contributed by atoms with Crippen molar-refractivity contribution in [1.29, 1.82) is 0 Å². The molecule has 0 N–H and O–H groups in total. The van der Waals surface area contributed by atoms with Crippen LogP contribution >= 0.6 is 0 Å². The van der Waals surface area contributed by atoms with Crippen molar-refractivity contribution in [3.8, 4) is 0 Å². The maximum absolute atomic E-state index is 14.2. The number of morpholine rings is 1. The van der Waals surface area contributed by atoms with Gasteiger partial charge in [0.15, 0.2) is 11.5 Å². The Bertz CT molecular complexity index is 1450. The van der Waals surface area contributed by atoms with Crippen molar-refractivity contribution in [1.82, 2.24) is 20.0 Å². The molecular formula is C27H26F6N6O3. The van der Waals surface area contributed by atoms with Crippen molar-refractivity contribution >= 4 is 23.3 Å². The zero-order valence-electron chi connectivity index (χ0n) is 22.5. The molecule has 0 spiro atoms. The first-order valence-corrected chi connectivity index (χ1v) is 12.9. The van der Waals surface area contributed by atoms with Crippen LogP contribution < -0.4 is 9.91 Å². The fourth-order valence-electron chi connectivity index (χ4n) is 5.12. The highest BCUT2D eigenvalue weighted by Crippen LogP contribution is 2.38. The summed E-state index contributed by atoms with van der Waals surface area (Å²) in [7, 11) is 0. The van der Waals surface area contributed by atoms with E-state index in [1.165, 1.54) is 10.0 Å². The summed E-state index contributed by atoms with van der Waals surface area (Å²) in [6.45, 7) is 3.89. The van der Waals surface area contributed by atoms with Crippen LogP contribution in [0.2, 0.25) is 0 Å². The van der Waals surface area contributed by atoms with Gasteiger partial charge in [-0.05, 0) is 49.7 Å². The lowest BCUT2D eigenvalue weighted by Gasteiger charge is -2.36. The molecule has 0 aliphatic carbocycles. The fraction of sp³-hybridized carbons (Fsp3) is 0.407. The lowest BCUT2D eigenvalue weighted by atomic mass is 10.0. The third-order valence-corrected chi connectivity index (χ3v) is 6.99. The molecule has 1 aromatic heterocycles. The van der Waals surface area contributed by atoms with Gasteiger partial charge in [0.2, 0.25) is 5.91 Å². The normalized spacial score (nSPS) is 17.7. The molecule has 2 aliphatic rings. The number of carbonyl (C=O) groups is 2. The molecule has 42 heavy (non-hydrogen) atoms. The van der Waals surface area contributed by atoms with Crippen LogP contribution in [0, 0.1) is 0 Å². The number of carbonyl (C=O) groups excluding carboxylic acids is 2. The molecule has 0 radical (unpaired) electrons. The summed E-state index contributed by atoms with van der Waals surface area (Å²) in [4.78, 5) is 28.9. The van der Waals surface area contributed by atoms with Crippen molar-refractivity contribution in [2.24, 2.45) is 0 Å². The number of anilines is 2. The molecule has 0 unspecified atom stereocenters. The summed E-state index contributed by atoms with van der Waals surface area (Å²) in [5.74, 6) is -0.955. The van der Waals surface area contributed by atoms with Gasteiger partial charge in [-0.2, -0.15) is 26.3 Å². The molecule has 3 heterocycles. The predicted octanol–water partition coefficient (Wildman–Crippen LogP) is 4.77. The van der Waals surface area contributed by atoms with Gasteiger partial charge in [-0.1, -0.05) is 23.4 Å². The summed E-state index contributed by atoms with van der Waals surface area (Å²) < 4.78 is 87.5. The number of nitrogens with zero attached hydrogens (tertiary/aromatic N) is 6. The zero-order chi connectivity index (χ0) is 30.4. The Balaban J connectivity index is 1.59. The smallest absolute Gasteiger partial charge is 0.378 e. The van der Waals surface area contributed by atoms with Gasteiger partial charge >= 0.3 is 12.4 Å². The van der Waals surface area contributed by atoms with Gasteiger partial charge in [0.25, 0.3) is 5.91 Å². The largest absolute Gasteiger partial charge is 0.416 e. The molecule has 2 saturated heterocycles. The van der Waals surface area contributed by atoms with Crippen LogP contribution in [-0.2, 0) is 28.4 Å². The number of benzene rings is 2. The van der Waals surface area contributed by atoms with Crippen LogP contribution in [0.4, 0.5) is 37.8 Å². The first-order valence-electron chi connectivity index (χ1n) is 12.9. The molecule has 9 nitrogen and oxygen atoms in total. The van der Waals surface area contributed by atoms with E-state index in [0.29, 0.717) is 17.8 Å². The molecule has 5 rings (SSSR count). The van der Waals surface area contributed by atoms with Crippen LogP contribution in [-0.4, -0.2) is 63.7 Å². The summed E-state index contributed by atoms with van der Waals surface area (Å²) in [5, 5.41) is 10.5. The van der Waals surface area contributed by atoms with Crippen molar-refractivity contribution in [3.05, 3.63) is 70.9 Å². The molecule has 3 aromatic rings. The fourth-order valence-corrected chi connectivity index (χ4v) is 5.12. The van der Waals surface area contributed by atoms with Crippen LogP contribution in [0.25, 0.3) is 0 Å². The highest BCUT2D eigenvalue weighted by atomic mass is 19.4. The van der Waals surface area contributed by atoms with Gasteiger partial charge in [-0.15, -0.1) is 5.10 Å². The predicted molar refractivity (Wildman–Crippen MR) is 137 cm³/mol.